The zero-order chi connectivity index (χ0) is 29.0. The molecule has 0 fully saturated rings. The van der Waals surface area contributed by atoms with E-state index < -0.39 is 28.6 Å². The molecule has 14 heteroatoms. The van der Waals surface area contributed by atoms with Gasteiger partial charge in [0.05, 0.1) is 31.1 Å². The first-order valence-corrected chi connectivity index (χ1v) is 13.4. The first-order chi connectivity index (χ1) is 17.8. The number of amides is 2. The third-order valence-corrected chi connectivity index (χ3v) is 6.19. The summed E-state index contributed by atoms with van der Waals surface area (Å²) in [5.74, 6) is -2.08. The van der Waals surface area contributed by atoms with Gasteiger partial charge in [0, 0.05) is 12.0 Å². The van der Waals surface area contributed by atoms with Crippen molar-refractivity contribution in [3.05, 3.63) is 17.2 Å². The van der Waals surface area contributed by atoms with Crippen molar-refractivity contribution < 1.29 is 45.8 Å². The lowest BCUT2D eigenvalue weighted by Crippen LogP contribution is -2.35. The van der Waals surface area contributed by atoms with Crippen molar-refractivity contribution in [1.82, 2.24) is 9.80 Å². The number of carbonyl (C=O) groups is 2. The van der Waals surface area contributed by atoms with Gasteiger partial charge in [-0.15, -0.1) is 4.28 Å². The molecule has 2 amide bonds. The zero-order valence-corrected chi connectivity index (χ0v) is 24.1. The van der Waals surface area contributed by atoms with Gasteiger partial charge < -0.3 is 30.1 Å². The van der Waals surface area contributed by atoms with Gasteiger partial charge in [-0.3, -0.25) is 4.79 Å². The van der Waals surface area contributed by atoms with Crippen LogP contribution in [0.25, 0.3) is 0 Å². The average Bonchev–Trinajstić information content (AvgIpc) is 2.80. The van der Waals surface area contributed by atoms with E-state index in [1.54, 1.807) is 0 Å². The van der Waals surface area contributed by atoms with Gasteiger partial charge in [-0.1, -0.05) is 0 Å². The van der Waals surface area contributed by atoms with E-state index >= 15 is 0 Å². The first kappa shape index (κ1) is 33.1. The van der Waals surface area contributed by atoms with Crippen molar-refractivity contribution in [3.63, 3.8) is 0 Å². The third kappa shape index (κ3) is 10.1. The van der Waals surface area contributed by atoms with E-state index in [1.165, 1.54) is 27.2 Å². The molecule has 3 N–H and O–H groups in total. The Kier molecular flexibility index (Phi) is 13.5. The Morgan fingerprint density at radius 2 is 1.66 bits per heavy atom. The van der Waals surface area contributed by atoms with Gasteiger partial charge in [0.25, 0.3) is 0 Å². The van der Waals surface area contributed by atoms with E-state index in [9.17, 15) is 23.1 Å². The number of benzene rings is 1. The molecule has 1 aromatic rings. The highest BCUT2D eigenvalue weighted by atomic mass is 32.3. The Balaban J connectivity index is 4.06. The minimum atomic E-state index is -4.68. The van der Waals surface area contributed by atoms with E-state index in [0.29, 0.717) is 48.2 Å². The van der Waals surface area contributed by atoms with Crippen LogP contribution in [0.3, 0.4) is 0 Å². The number of hydrogen-bond donors (Lipinski definition) is 2. The fourth-order valence-electron chi connectivity index (χ4n) is 3.74. The molecule has 0 aliphatic heterocycles. The van der Waals surface area contributed by atoms with Crippen molar-refractivity contribution in [3.8, 4) is 17.2 Å². The summed E-state index contributed by atoms with van der Waals surface area (Å²) < 4.78 is 46.2. The minimum absolute atomic E-state index is 0.0354. The lowest BCUT2D eigenvalue weighted by molar-refractivity contribution is -0.676. The van der Waals surface area contributed by atoms with Gasteiger partial charge in [0.15, 0.2) is 17.9 Å². The summed E-state index contributed by atoms with van der Waals surface area (Å²) in [5, 5.41) is 10.8. The molecule has 0 heterocycles. The van der Waals surface area contributed by atoms with Crippen molar-refractivity contribution in [2.45, 2.75) is 39.0 Å². The number of phenolic OH excluding ortho intramolecular Hbond substituents is 1. The molecule has 0 aliphatic carbocycles. The van der Waals surface area contributed by atoms with Crippen molar-refractivity contribution in [2.75, 3.05) is 62.1 Å². The molecule has 1 aromatic carbocycles. The number of phenols is 1. The molecule has 0 aliphatic rings. The topological polar surface area (TPSA) is 161 Å². The summed E-state index contributed by atoms with van der Waals surface area (Å²) in [6.45, 7) is 2.48. The largest absolute Gasteiger partial charge is 0.502 e. The monoisotopic (exact) mass is 561 g/mol. The summed E-state index contributed by atoms with van der Waals surface area (Å²) in [5.41, 5.74) is 6.21. The van der Waals surface area contributed by atoms with Gasteiger partial charge in [-0.2, -0.15) is 8.42 Å². The number of aromatic hydroxyl groups is 1. The predicted octanol–water partition coefficient (Wildman–Crippen LogP) is 0.662. The smallest absolute Gasteiger partial charge is 0.502 e. The molecular formula is C24H41N4O9S+. The second-order valence-corrected chi connectivity index (χ2v) is 10.2. The van der Waals surface area contributed by atoms with E-state index in [1.807, 2.05) is 38.0 Å². The van der Waals surface area contributed by atoms with Crippen LogP contribution in [-0.2, 0) is 34.9 Å². The molecule has 0 unspecified atom stereocenters. The number of ether oxygens (including phenoxy) is 2. The van der Waals surface area contributed by atoms with E-state index in [4.69, 9.17) is 23.7 Å². The molecule has 216 valence electrons. The summed E-state index contributed by atoms with van der Waals surface area (Å²) in [6.07, 6.45) is 0.828. The Morgan fingerprint density at radius 3 is 2.16 bits per heavy atom. The number of hydrogen-bond acceptors (Lipinski definition) is 11. The fourth-order valence-corrected chi connectivity index (χ4v) is 4.43. The number of methoxy groups -OCH3 is 2. The van der Waals surface area contributed by atoms with Crippen LogP contribution < -0.4 is 15.2 Å². The molecular weight excluding hydrogens is 520 g/mol. The van der Waals surface area contributed by atoms with Gasteiger partial charge in [-0.25, -0.2) is 8.98 Å². The maximum Gasteiger partial charge on any atom is 0.502 e. The summed E-state index contributed by atoms with van der Waals surface area (Å²) in [6, 6.07) is 1.48. The van der Waals surface area contributed by atoms with E-state index in [0.717, 1.165) is 0 Å². The standard InChI is InChI=1S/C24H40N4O9S/c1-8-36-38(32,33)37-28(22(30)16-21(25)29)19(12-10-14-27(4)5)18-15-20(34-6)23(31)24(35-7)17(18)11-9-13-26(2)3/h15H,8-14,16H2,1-7H3,(H2,25,29)/p+1. The Hall–Kier alpha value is -2.94. The van der Waals surface area contributed by atoms with Crippen LogP contribution in [0.5, 0.6) is 17.2 Å². The Bertz CT molecular complexity index is 1100. The van der Waals surface area contributed by atoms with Crippen molar-refractivity contribution in [2.24, 2.45) is 5.73 Å². The highest BCUT2D eigenvalue weighted by molar-refractivity contribution is 7.81. The quantitative estimate of drug-likeness (QED) is 0.119. The Labute approximate surface area is 225 Å². The van der Waals surface area contributed by atoms with Crippen LogP contribution in [0.2, 0.25) is 0 Å². The lowest BCUT2D eigenvalue weighted by Gasteiger charge is -2.19. The second-order valence-electron chi connectivity index (χ2n) is 8.97. The van der Waals surface area contributed by atoms with Crippen LogP contribution in [0.1, 0.15) is 43.7 Å². The molecule has 0 aromatic heterocycles. The average molecular weight is 562 g/mol. The molecule has 0 atom stereocenters. The highest BCUT2D eigenvalue weighted by Gasteiger charge is 2.37. The number of hydroxylamine groups is 1. The third-order valence-electron chi connectivity index (χ3n) is 5.33. The lowest BCUT2D eigenvalue weighted by atomic mass is 9.94. The maximum absolute atomic E-state index is 13.2. The summed E-state index contributed by atoms with van der Waals surface area (Å²) in [7, 11) is 5.61. The normalized spacial score (nSPS) is 12.4. The molecule has 38 heavy (non-hydrogen) atoms. The Morgan fingerprint density at radius 1 is 1.05 bits per heavy atom. The zero-order valence-electron chi connectivity index (χ0n) is 23.3. The molecule has 0 bridgehead atoms. The molecule has 0 radical (unpaired) electrons. The summed E-state index contributed by atoms with van der Waals surface area (Å²) in [4.78, 5) is 28.7. The summed E-state index contributed by atoms with van der Waals surface area (Å²) >= 11 is 0. The van der Waals surface area contributed by atoms with Gasteiger partial charge in [0.2, 0.25) is 17.4 Å². The van der Waals surface area contributed by atoms with Crippen LogP contribution in [0.15, 0.2) is 6.07 Å². The van der Waals surface area contributed by atoms with Crippen LogP contribution in [0.4, 0.5) is 0 Å². The number of nitrogens with zero attached hydrogens (tertiary/aromatic N) is 3. The SMILES string of the molecule is CCOS(=O)(=O)O[N+](C(=O)CC(N)=O)=C(CCCN(C)C)c1cc(OC)c(O)c(OC)c1CCCN(C)C. The van der Waals surface area contributed by atoms with Crippen LogP contribution in [0, 0.1) is 0 Å². The van der Waals surface area contributed by atoms with Crippen molar-refractivity contribution >= 4 is 27.9 Å². The second kappa shape index (κ2) is 15.5. The highest BCUT2D eigenvalue weighted by Crippen LogP contribution is 2.42. The number of rotatable bonds is 17. The van der Waals surface area contributed by atoms with E-state index in [2.05, 4.69) is 0 Å². The molecule has 0 spiro atoms. The van der Waals surface area contributed by atoms with Crippen LogP contribution in [-0.4, -0.2) is 108 Å². The predicted molar refractivity (Wildman–Crippen MR) is 141 cm³/mol. The maximum atomic E-state index is 13.2. The van der Waals surface area contributed by atoms with E-state index in [-0.39, 0.29) is 36.0 Å². The molecule has 1 rings (SSSR count). The molecule has 0 saturated heterocycles. The first-order valence-electron chi connectivity index (χ1n) is 12.1. The van der Waals surface area contributed by atoms with Crippen molar-refractivity contribution in [1.29, 1.82) is 0 Å². The number of primary amides is 1. The van der Waals surface area contributed by atoms with Gasteiger partial charge in [0.1, 0.15) is 0 Å². The number of nitrogens with two attached hydrogens (primary N) is 1. The molecule has 13 nitrogen and oxygen atoms in total. The number of carbonyl (C=O) groups excluding carboxylic acids is 2. The van der Waals surface area contributed by atoms with Crippen LogP contribution >= 0.6 is 0 Å². The van der Waals surface area contributed by atoms with Gasteiger partial charge in [-0.05, 0) is 73.5 Å². The fraction of sp³-hybridized carbons (Fsp3) is 0.625. The minimum Gasteiger partial charge on any atom is -0.502 e. The molecule has 0 saturated carbocycles. The van der Waals surface area contributed by atoms with Gasteiger partial charge >= 0.3 is 16.3 Å².